The number of rotatable bonds is 4. The molecule has 1 aliphatic heterocycles. The molecule has 0 bridgehead atoms. The van der Waals surface area contributed by atoms with Gasteiger partial charge in [-0.25, -0.2) is 4.79 Å². The molecule has 0 amide bonds. The van der Waals surface area contributed by atoms with E-state index in [0.717, 1.165) is 24.1 Å². The Morgan fingerprint density at radius 3 is 2.68 bits per heavy atom. The lowest BCUT2D eigenvalue weighted by molar-refractivity contribution is 0.0697. The highest BCUT2D eigenvalue weighted by molar-refractivity contribution is 6.33. The fraction of sp³-hybridized carbons (Fsp3) is 0.353. The van der Waals surface area contributed by atoms with Crippen LogP contribution in [-0.4, -0.2) is 45.7 Å². The van der Waals surface area contributed by atoms with Gasteiger partial charge < -0.3 is 15.1 Å². The topological polar surface area (TPSA) is 95.7 Å². The molecule has 0 spiro atoms. The third-order valence-electron chi connectivity index (χ3n) is 4.38. The number of carboxylic acids is 1. The van der Waals surface area contributed by atoms with Crippen LogP contribution >= 0.6 is 11.6 Å². The van der Waals surface area contributed by atoms with Crippen LogP contribution in [0.5, 0.6) is 0 Å². The number of aromatic nitrogens is 2. The van der Waals surface area contributed by atoms with E-state index >= 15 is 0 Å². The highest BCUT2D eigenvalue weighted by atomic mass is 35.5. The average Bonchev–Trinajstić information content (AvgIpc) is 2.64. The van der Waals surface area contributed by atoms with E-state index in [1.165, 1.54) is 30.5 Å². The van der Waals surface area contributed by atoms with E-state index in [-0.39, 0.29) is 23.1 Å². The fourth-order valence-electron chi connectivity index (χ4n) is 3.01. The summed E-state index contributed by atoms with van der Waals surface area (Å²) < 4.78 is 1.14. The number of hydrogen-bond donors (Lipinski definition) is 2. The Hall–Kier alpha value is -2.38. The van der Waals surface area contributed by atoms with Gasteiger partial charge in [-0.05, 0) is 43.0 Å². The van der Waals surface area contributed by atoms with Crippen molar-refractivity contribution in [1.82, 2.24) is 9.78 Å². The summed E-state index contributed by atoms with van der Waals surface area (Å²) >= 11 is 6.28. The van der Waals surface area contributed by atoms with Gasteiger partial charge in [-0.2, -0.15) is 9.78 Å². The van der Waals surface area contributed by atoms with E-state index in [9.17, 15) is 14.7 Å². The van der Waals surface area contributed by atoms with Crippen molar-refractivity contribution in [3.8, 4) is 5.69 Å². The van der Waals surface area contributed by atoms with E-state index in [1.807, 2.05) is 4.90 Å². The zero-order chi connectivity index (χ0) is 18.0. The van der Waals surface area contributed by atoms with Crippen LogP contribution in [0.2, 0.25) is 5.02 Å². The summed E-state index contributed by atoms with van der Waals surface area (Å²) in [6.07, 6.45) is 3.40. The highest BCUT2D eigenvalue weighted by Crippen LogP contribution is 2.27. The Labute approximate surface area is 149 Å². The summed E-state index contributed by atoms with van der Waals surface area (Å²) in [5.74, 6) is -0.875. The maximum atomic E-state index is 12.6. The van der Waals surface area contributed by atoms with E-state index < -0.39 is 11.5 Å². The van der Waals surface area contributed by atoms with Gasteiger partial charge in [-0.15, -0.1) is 0 Å². The Morgan fingerprint density at radius 1 is 1.32 bits per heavy atom. The van der Waals surface area contributed by atoms with Crippen molar-refractivity contribution in [2.24, 2.45) is 5.92 Å². The number of nitrogens with zero attached hydrogens (tertiary/aromatic N) is 3. The first-order chi connectivity index (χ1) is 12.0. The van der Waals surface area contributed by atoms with E-state index in [1.54, 1.807) is 0 Å². The lowest BCUT2D eigenvalue weighted by Crippen LogP contribution is -2.38. The van der Waals surface area contributed by atoms with Crippen molar-refractivity contribution < 1.29 is 15.0 Å². The molecule has 7 nitrogen and oxygen atoms in total. The van der Waals surface area contributed by atoms with Crippen molar-refractivity contribution in [2.75, 3.05) is 24.6 Å². The molecule has 25 heavy (non-hydrogen) atoms. The minimum Gasteiger partial charge on any atom is -0.478 e. The summed E-state index contributed by atoms with van der Waals surface area (Å²) in [5.41, 5.74) is 0.662. The molecule has 1 aromatic heterocycles. The largest absolute Gasteiger partial charge is 0.478 e. The van der Waals surface area contributed by atoms with Crippen LogP contribution < -0.4 is 10.5 Å². The highest BCUT2D eigenvalue weighted by Gasteiger charge is 2.23. The molecule has 1 fully saturated rings. The third-order valence-corrected chi connectivity index (χ3v) is 4.73. The molecule has 1 unspecified atom stereocenters. The van der Waals surface area contributed by atoms with Gasteiger partial charge in [0.05, 0.1) is 23.1 Å². The molecule has 8 heteroatoms. The molecule has 0 aliphatic carbocycles. The molecule has 132 valence electrons. The molecule has 2 aromatic rings. The summed E-state index contributed by atoms with van der Waals surface area (Å²) in [4.78, 5) is 25.5. The van der Waals surface area contributed by atoms with Gasteiger partial charge in [0, 0.05) is 19.7 Å². The molecular weight excluding hydrogens is 346 g/mol. The van der Waals surface area contributed by atoms with Gasteiger partial charge in [0.25, 0.3) is 5.56 Å². The van der Waals surface area contributed by atoms with E-state index in [4.69, 9.17) is 16.7 Å². The van der Waals surface area contributed by atoms with Crippen molar-refractivity contribution in [3.63, 3.8) is 0 Å². The average molecular weight is 364 g/mol. The fourth-order valence-corrected chi connectivity index (χ4v) is 3.25. The quantitative estimate of drug-likeness (QED) is 0.859. The second-order valence-corrected chi connectivity index (χ2v) is 6.43. The molecule has 0 radical (unpaired) electrons. The van der Waals surface area contributed by atoms with Gasteiger partial charge >= 0.3 is 5.97 Å². The van der Waals surface area contributed by atoms with Crippen LogP contribution in [0.25, 0.3) is 5.69 Å². The Morgan fingerprint density at radius 2 is 2.04 bits per heavy atom. The van der Waals surface area contributed by atoms with E-state index in [0.29, 0.717) is 17.9 Å². The lowest BCUT2D eigenvalue weighted by atomic mass is 9.99. The molecule has 2 N–H and O–H groups in total. The molecule has 1 saturated heterocycles. The van der Waals surface area contributed by atoms with Crippen LogP contribution in [0.1, 0.15) is 23.2 Å². The number of aromatic carboxylic acids is 1. The number of hydrogen-bond acceptors (Lipinski definition) is 5. The number of anilines is 1. The first-order valence-corrected chi connectivity index (χ1v) is 8.36. The molecule has 3 rings (SSSR count). The maximum Gasteiger partial charge on any atom is 0.335 e. The first kappa shape index (κ1) is 17.4. The SMILES string of the molecule is O=C(O)c1ccc(-n2ncc(N3CCCC(CO)C3)c(Cl)c2=O)cc1. The minimum absolute atomic E-state index is 0.0656. The lowest BCUT2D eigenvalue weighted by Gasteiger charge is -2.33. The second kappa shape index (κ2) is 7.25. The van der Waals surface area contributed by atoms with Gasteiger partial charge in [-0.3, -0.25) is 4.79 Å². The molecule has 0 saturated carbocycles. The summed E-state index contributed by atoms with van der Waals surface area (Å²) in [7, 11) is 0. The minimum atomic E-state index is -1.04. The van der Waals surface area contributed by atoms with Gasteiger partial charge in [-0.1, -0.05) is 11.6 Å². The van der Waals surface area contributed by atoms with Gasteiger partial charge in [0.2, 0.25) is 0 Å². The van der Waals surface area contributed by atoms with E-state index in [2.05, 4.69) is 5.10 Å². The zero-order valence-electron chi connectivity index (χ0n) is 13.4. The summed E-state index contributed by atoms with van der Waals surface area (Å²) in [6, 6.07) is 5.83. The summed E-state index contributed by atoms with van der Waals surface area (Å²) in [5, 5.41) is 22.5. The van der Waals surface area contributed by atoms with Crippen LogP contribution in [0.4, 0.5) is 5.69 Å². The van der Waals surface area contributed by atoms with Crippen LogP contribution in [0.15, 0.2) is 35.3 Å². The molecular formula is C17H18ClN3O4. The number of carbonyl (C=O) groups is 1. The van der Waals surface area contributed by atoms with Crippen LogP contribution in [0, 0.1) is 5.92 Å². The third kappa shape index (κ3) is 3.52. The Bertz CT molecular complexity index is 835. The monoisotopic (exact) mass is 363 g/mol. The number of aliphatic hydroxyl groups excluding tert-OH is 1. The second-order valence-electron chi connectivity index (χ2n) is 6.05. The number of carboxylic acid groups (broad SMARTS) is 1. The number of piperidine rings is 1. The molecule has 1 atom stereocenters. The van der Waals surface area contributed by atoms with Crippen molar-refractivity contribution in [1.29, 1.82) is 0 Å². The smallest absolute Gasteiger partial charge is 0.335 e. The first-order valence-electron chi connectivity index (χ1n) is 7.98. The van der Waals surface area contributed by atoms with Crippen molar-refractivity contribution >= 4 is 23.3 Å². The van der Waals surface area contributed by atoms with Crippen LogP contribution in [0.3, 0.4) is 0 Å². The predicted molar refractivity (Wildman–Crippen MR) is 93.8 cm³/mol. The Balaban J connectivity index is 1.92. The van der Waals surface area contributed by atoms with Crippen molar-refractivity contribution in [3.05, 3.63) is 51.4 Å². The number of aliphatic hydroxyl groups is 1. The maximum absolute atomic E-state index is 12.6. The molecule has 1 aliphatic rings. The number of benzene rings is 1. The normalized spacial score (nSPS) is 17.5. The van der Waals surface area contributed by atoms with Gasteiger partial charge in [0.15, 0.2) is 0 Å². The molecule has 1 aromatic carbocycles. The van der Waals surface area contributed by atoms with Gasteiger partial charge in [0.1, 0.15) is 5.02 Å². The molecule has 2 heterocycles. The van der Waals surface area contributed by atoms with Crippen molar-refractivity contribution in [2.45, 2.75) is 12.8 Å². The Kier molecular flexibility index (Phi) is 5.06. The van der Waals surface area contributed by atoms with Crippen LogP contribution in [-0.2, 0) is 0 Å². The standard InChI is InChI=1S/C17H18ClN3O4/c18-15-14(20-7-1-2-11(9-20)10-22)8-19-21(16(15)23)13-5-3-12(4-6-13)17(24)25/h3-6,8,11,22H,1-2,7,9-10H2,(H,24,25). The predicted octanol–water partition coefficient (Wildman–Crippen LogP) is 1.79. The number of halogens is 1. The summed E-state index contributed by atoms with van der Waals surface area (Å²) in [6.45, 7) is 1.50. The zero-order valence-corrected chi connectivity index (χ0v) is 14.2.